The third-order valence-corrected chi connectivity index (χ3v) is 7.63. The Balaban J connectivity index is 1.64. The quantitative estimate of drug-likeness (QED) is 0.725. The van der Waals surface area contributed by atoms with Gasteiger partial charge in [-0.3, -0.25) is 4.90 Å². The van der Waals surface area contributed by atoms with Crippen molar-refractivity contribution < 1.29 is 5.11 Å². The average molecular weight is 362 g/mol. The number of nitrogens with zero attached hydrogens (tertiary/aromatic N) is 1. The SMILES string of the molecule is CC(C)(C)[C@]1(O)CCN2C[C@H]3c4ccccc4CCc4cccc(c43)[C@H]2C1. The van der Waals surface area contributed by atoms with Gasteiger partial charge in [0, 0.05) is 25.0 Å². The Labute approximate surface area is 163 Å². The van der Waals surface area contributed by atoms with Crippen LogP contribution in [0.4, 0.5) is 0 Å². The molecule has 0 amide bonds. The molecule has 0 spiro atoms. The highest BCUT2D eigenvalue weighted by Crippen LogP contribution is 2.51. The van der Waals surface area contributed by atoms with Gasteiger partial charge in [-0.15, -0.1) is 0 Å². The van der Waals surface area contributed by atoms with Gasteiger partial charge in [0.15, 0.2) is 0 Å². The molecule has 2 aliphatic heterocycles. The van der Waals surface area contributed by atoms with E-state index in [1.54, 1.807) is 5.56 Å². The molecule has 0 radical (unpaired) electrons. The van der Waals surface area contributed by atoms with Crippen LogP contribution in [0.15, 0.2) is 42.5 Å². The van der Waals surface area contributed by atoms with Crippen molar-refractivity contribution in [3.63, 3.8) is 0 Å². The summed E-state index contributed by atoms with van der Waals surface area (Å²) in [6, 6.07) is 16.3. The van der Waals surface area contributed by atoms with Crippen LogP contribution in [-0.2, 0) is 12.8 Å². The molecule has 3 atom stereocenters. The second-order valence-corrected chi connectivity index (χ2v) is 9.92. The van der Waals surface area contributed by atoms with E-state index in [1.165, 1.54) is 22.3 Å². The van der Waals surface area contributed by atoms with E-state index < -0.39 is 5.60 Å². The lowest BCUT2D eigenvalue weighted by Gasteiger charge is -2.53. The van der Waals surface area contributed by atoms with E-state index in [0.29, 0.717) is 12.0 Å². The lowest BCUT2D eigenvalue weighted by Crippen LogP contribution is -2.55. The zero-order valence-electron chi connectivity index (χ0n) is 16.8. The van der Waals surface area contributed by atoms with Crippen LogP contribution in [0.1, 0.15) is 73.4 Å². The van der Waals surface area contributed by atoms with Gasteiger partial charge in [-0.25, -0.2) is 0 Å². The largest absolute Gasteiger partial charge is 0.389 e. The Kier molecular flexibility index (Phi) is 3.83. The summed E-state index contributed by atoms with van der Waals surface area (Å²) >= 11 is 0. The highest BCUT2D eigenvalue weighted by Gasteiger charge is 2.49. The second kappa shape index (κ2) is 5.93. The van der Waals surface area contributed by atoms with E-state index in [9.17, 15) is 5.11 Å². The predicted octanol–water partition coefficient (Wildman–Crippen LogP) is 4.84. The number of piperidine rings is 1. The maximum atomic E-state index is 11.5. The summed E-state index contributed by atoms with van der Waals surface area (Å²) in [5, 5.41) is 11.5. The van der Waals surface area contributed by atoms with Crippen LogP contribution in [0, 0.1) is 5.41 Å². The van der Waals surface area contributed by atoms with Gasteiger partial charge >= 0.3 is 0 Å². The first-order valence-corrected chi connectivity index (χ1v) is 10.5. The van der Waals surface area contributed by atoms with Crippen LogP contribution in [0.2, 0.25) is 0 Å². The molecule has 2 aromatic carbocycles. The second-order valence-electron chi connectivity index (χ2n) is 9.92. The summed E-state index contributed by atoms with van der Waals surface area (Å²) in [4.78, 5) is 2.65. The Morgan fingerprint density at radius 2 is 1.67 bits per heavy atom. The van der Waals surface area contributed by atoms with Gasteiger partial charge in [-0.05, 0) is 58.9 Å². The third kappa shape index (κ3) is 2.61. The molecule has 142 valence electrons. The van der Waals surface area contributed by atoms with Crippen molar-refractivity contribution in [3.8, 4) is 0 Å². The average Bonchev–Trinajstić information content (AvgIpc) is 2.80. The highest BCUT2D eigenvalue weighted by molar-refractivity contribution is 5.51. The zero-order chi connectivity index (χ0) is 18.8. The first-order valence-electron chi connectivity index (χ1n) is 10.5. The number of benzene rings is 2. The van der Waals surface area contributed by atoms with Crippen LogP contribution in [0.3, 0.4) is 0 Å². The highest BCUT2D eigenvalue weighted by atomic mass is 16.3. The van der Waals surface area contributed by atoms with Crippen LogP contribution in [0.5, 0.6) is 0 Å². The molecule has 27 heavy (non-hydrogen) atoms. The number of fused-ring (bicyclic) bond motifs is 4. The molecule has 0 bridgehead atoms. The standard InChI is InChI=1S/C25H31NO/c1-24(2,3)25(27)13-14-26-16-21-19-9-5-4-7-17(19)11-12-18-8-6-10-20(23(18)21)22(26)15-25/h4-10,21-22,27H,11-16H2,1-3H3/t21-,22+,25-/m0/s1. The molecule has 0 aromatic heterocycles. The van der Waals surface area contributed by atoms with Crippen LogP contribution < -0.4 is 0 Å². The molecule has 1 saturated heterocycles. The summed E-state index contributed by atoms with van der Waals surface area (Å²) in [6.07, 6.45) is 3.99. The molecule has 5 rings (SSSR count). The van der Waals surface area contributed by atoms with Crippen LogP contribution in [-0.4, -0.2) is 28.7 Å². The number of hydrogen-bond acceptors (Lipinski definition) is 2. The van der Waals surface area contributed by atoms with Gasteiger partial charge in [0.2, 0.25) is 0 Å². The molecular formula is C25H31NO. The molecule has 1 fully saturated rings. The Bertz CT molecular complexity index is 880. The minimum atomic E-state index is -0.591. The summed E-state index contributed by atoms with van der Waals surface area (Å²) < 4.78 is 0. The minimum absolute atomic E-state index is 0.0890. The molecule has 2 heterocycles. The first-order chi connectivity index (χ1) is 12.9. The first kappa shape index (κ1) is 17.5. The van der Waals surface area contributed by atoms with Crippen molar-refractivity contribution in [2.75, 3.05) is 13.1 Å². The van der Waals surface area contributed by atoms with Crippen LogP contribution in [0.25, 0.3) is 0 Å². The van der Waals surface area contributed by atoms with Crippen LogP contribution >= 0.6 is 0 Å². The normalized spacial score (nSPS) is 30.1. The van der Waals surface area contributed by atoms with Crippen molar-refractivity contribution in [3.05, 3.63) is 70.3 Å². The van der Waals surface area contributed by atoms with Gasteiger partial charge in [-0.2, -0.15) is 0 Å². The van der Waals surface area contributed by atoms with E-state index in [0.717, 1.165) is 38.8 Å². The summed E-state index contributed by atoms with van der Waals surface area (Å²) in [5.74, 6) is 0.479. The van der Waals surface area contributed by atoms with Gasteiger partial charge < -0.3 is 5.11 Å². The smallest absolute Gasteiger partial charge is 0.0726 e. The summed E-state index contributed by atoms with van der Waals surface area (Å²) in [6.45, 7) is 8.65. The minimum Gasteiger partial charge on any atom is -0.389 e. The Morgan fingerprint density at radius 3 is 2.48 bits per heavy atom. The van der Waals surface area contributed by atoms with Crippen molar-refractivity contribution in [1.82, 2.24) is 4.90 Å². The predicted molar refractivity (Wildman–Crippen MR) is 110 cm³/mol. The van der Waals surface area contributed by atoms with E-state index in [1.807, 2.05) is 0 Å². The Morgan fingerprint density at radius 1 is 0.963 bits per heavy atom. The van der Waals surface area contributed by atoms with Gasteiger partial charge in [0.05, 0.1) is 5.60 Å². The molecular weight excluding hydrogens is 330 g/mol. The molecule has 1 aliphatic carbocycles. The van der Waals surface area contributed by atoms with Gasteiger partial charge in [0.25, 0.3) is 0 Å². The maximum Gasteiger partial charge on any atom is 0.0726 e. The number of rotatable bonds is 0. The molecule has 2 aromatic rings. The van der Waals surface area contributed by atoms with E-state index in [2.05, 4.69) is 68.1 Å². The molecule has 2 nitrogen and oxygen atoms in total. The fraction of sp³-hybridized carbons (Fsp3) is 0.520. The van der Waals surface area contributed by atoms with Crippen molar-refractivity contribution >= 4 is 0 Å². The molecule has 3 aliphatic rings. The number of aliphatic hydroxyl groups is 1. The van der Waals surface area contributed by atoms with Crippen molar-refractivity contribution in [1.29, 1.82) is 0 Å². The lowest BCUT2D eigenvalue weighted by atomic mass is 9.66. The molecule has 2 heteroatoms. The van der Waals surface area contributed by atoms with E-state index in [4.69, 9.17) is 0 Å². The van der Waals surface area contributed by atoms with E-state index >= 15 is 0 Å². The fourth-order valence-corrected chi connectivity index (χ4v) is 5.76. The molecule has 0 saturated carbocycles. The fourth-order valence-electron chi connectivity index (χ4n) is 5.76. The maximum absolute atomic E-state index is 11.5. The topological polar surface area (TPSA) is 23.5 Å². The van der Waals surface area contributed by atoms with Crippen molar-refractivity contribution in [2.24, 2.45) is 5.41 Å². The monoisotopic (exact) mass is 361 g/mol. The molecule has 1 N–H and O–H groups in total. The van der Waals surface area contributed by atoms with Gasteiger partial charge in [0.1, 0.15) is 0 Å². The van der Waals surface area contributed by atoms with Gasteiger partial charge in [-0.1, -0.05) is 63.2 Å². The molecule has 0 unspecified atom stereocenters. The zero-order valence-corrected chi connectivity index (χ0v) is 16.8. The van der Waals surface area contributed by atoms with Crippen molar-refractivity contribution in [2.45, 2.75) is 64.0 Å². The lowest BCUT2D eigenvalue weighted by molar-refractivity contribution is -0.119. The third-order valence-electron chi connectivity index (χ3n) is 7.63. The Hall–Kier alpha value is -1.64. The summed E-state index contributed by atoms with van der Waals surface area (Å²) in [5.41, 5.74) is 6.94. The van der Waals surface area contributed by atoms with E-state index in [-0.39, 0.29) is 5.41 Å². The number of hydrogen-bond donors (Lipinski definition) is 1. The number of aryl methyl sites for hydroxylation is 2. The summed E-state index contributed by atoms with van der Waals surface area (Å²) in [7, 11) is 0.